The van der Waals surface area contributed by atoms with Crippen LogP contribution in [0.25, 0.3) is 27.2 Å². The van der Waals surface area contributed by atoms with Gasteiger partial charge >= 0.3 is 10.4 Å². The predicted octanol–water partition coefficient (Wildman–Crippen LogP) is 4.67. The lowest BCUT2D eigenvalue weighted by Crippen LogP contribution is -2.29. The Hall–Kier alpha value is -5.04. The fraction of sp³-hybridized carbons (Fsp3) is 0.0345. The van der Waals surface area contributed by atoms with Gasteiger partial charge in [0.2, 0.25) is 0 Å². The van der Waals surface area contributed by atoms with E-state index in [9.17, 15) is 57.1 Å². The van der Waals surface area contributed by atoms with Crippen LogP contribution in [0.4, 0.5) is 22.7 Å². The van der Waals surface area contributed by atoms with Crippen molar-refractivity contribution in [3.8, 4) is 5.75 Å². The van der Waals surface area contributed by atoms with Crippen LogP contribution in [0.5, 0.6) is 5.75 Å². The lowest BCUT2D eigenvalue weighted by molar-refractivity contribution is 0.301. The van der Waals surface area contributed by atoms with E-state index in [1.807, 2.05) is 0 Å². The number of fused-ring (bicyclic) bond motifs is 3. The Labute approximate surface area is 288 Å². The molecule has 0 radical (unpaired) electrons. The minimum Gasteiger partial charge on any atom is -0.397 e. The SMILES string of the molecule is Nc1cc(S(=O)(=O)O)cc2c1N(O)C(c1c(OS(=O)(=O)O)cc(N=Nc3ccc4cc(S(=O)(=O)O)ccc4c3)c3ccccc13)=C(S(=O)(=O)O)C2. The van der Waals surface area contributed by atoms with E-state index in [1.54, 1.807) is 0 Å². The third kappa shape index (κ3) is 7.12. The molecule has 0 saturated carbocycles. The average molecular weight is 779 g/mol. The molecule has 0 spiro atoms. The number of allylic oxidation sites excluding steroid dienone is 1. The molecule has 0 atom stereocenters. The summed E-state index contributed by atoms with van der Waals surface area (Å²) in [5.74, 6) is -0.812. The fourth-order valence-corrected chi connectivity index (χ4v) is 7.77. The summed E-state index contributed by atoms with van der Waals surface area (Å²) in [6.45, 7) is 0. The highest BCUT2D eigenvalue weighted by atomic mass is 32.3. The molecule has 6 rings (SSSR count). The number of nitrogens with zero attached hydrogens (tertiary/aromatic N) is 3. The highest BCUT2D eigenvalue weighted by Gasteiger charge is 2.37. The van der Waals surface area contributed by atoms with Crippen LogP contribution >= 0.6 is 0 Å². The van der Waals surface area contributed by atoms with E-state index in [-0.39, 0.29) is 37.7 Å². The van der Waals surface area contributed by atoms with Crippen LogP contribution in [0.1, 0.15) is 11.1 Å². The fourth-order valence-electron chi connectivity index (χ4n) is 5.56. The molecule has 0 aromatic heterocycles. The topological polar surface area (TPSA) is 301 Å². The predicted molar refractivity (Wildman–Crippen MR) is 181 cm³/mol. The summed E-state index contributed by atoms with van der Waals surface area (Å²) in [6, 6.07) is 16.6. The number of anilines is 2. The van der Waals surface area contributed by atoms with E-state index in [4.69, 9.17) is 9.92 Å². The first-order valence-electron chi connectivity index (χ1n) is 13.9. The number of benzene rings is 5. The molecule has 0 amide bonds. The van der Waals surface area contributed by atoms with E-state index < -0.39 is 85.4 Å². The summed E-state index contributed by atoms with van der Waals surface area (Å²) >= 11 is 0. The number of nitrogens with two attached hydrogens (primary N) is 1. The quantitative estimate of drug-likeness (QED) is 0.0708. The Morgan fingerprint density at radius 2 is 1.31 bits per heavy atom. The number of hydrogen-bond acceptors (Lipinski definition) is 14. The van der Waals surface area contributed by atoms with Crippen molar-refractivity contribution in [1.82, 2.24) is 0 Å². The summed E-state index contributed by atoms with van der Waals surface area (Å²) in [7, 11) is -20.0. The number of nitrogen functional groups attached to an aromatic ring is 1. The first-order valence-corrected chi connectivity index (χ1v) is 19.6. The van der Waals surface area contributed by atoms with Crippen molar-refractivity contribution in [2.45, 2.75) is 16.2 Å². The second-order valence-corrected chi connectivity index (χ2v) is 16.2. The molecule has 0 bridgehead atoms. The van der Waals surface area contributed by atoms with Crippen molar-refractivity contribution >= 4 is 90.7 Å². The molecular weight excluding hydrogens is 757 g/mol. The van der Waals surface area contributed by atoms with Crippen LogP contribution < -0.4 is 15.0 Å². The molecule has 5 aromatic carbocycles. The second kappa shape index (κ2) is 12.3. The Morgan fingerprint density at radius 1 is 0.686 bits per heavy atom. The van der Waals surface area contributed by atoms with E-state index in [1.165, 1.54) is 60.7 Å². The van der Waals surface area contributed by atoms with Crippen LogP contribution in [0.15, 0.2) is 104 Å². The van der Waals surface area contributed by atoms with E-state index in [2.05, 4.69) is 10.2 Å². The smallest absolute Gasteiger partial charge is 0.397 e. The molecule has 266 valence electrons. The van der Waals surface area contributed by atoms with Crippen molar-refractivity contribution in [1.29, 1.82) is 0 Å². The maximum atomic E-state index is 12.8. The zero-order valence-corrected chi connectivity index (χ0v) is 28.4. The maximum Gasteiger partial charge on any atom is 0.446 e. The standard InChI is InChI=1S/C29H22N4O14S4/c30-23-13-20(49(38,39)40)11-17-12-26(50(41,42)43)29(33(34)28(17)23)27-22-4-2-1-3-21(22)24(14-25(27)47-51(44,45)46)32-31-18-7-5-16-10-19(48(35,36)37)8-6-15(16)9-18/h1-11,13-14,34H,12,30H2,(H,35,36,37)(H,38,39,40)(H,41,42,43)(H,44,45,46). The molecule has 18 nitrogen and oxygen atoms in total. The Morgan fingerprint density at radius 3 is 1.94 bits per heavy atom. The van der Waals surface area contributed by atoms with Gasteiger partial charge in [0.05, 0.1) is 43.8 Å². The maximum absolute atomic E-state index is 12.8. The van der Waals surface area contributed by atoms with Crippen LogP contribution in [0.2, 0.25) is 0 Å². The van der Waals surface area contributed by atoms with E-state index >= 15 is 0 Å². The molecule has 0 saturated heterocycles. The van der Waals surface area contributed by atoms with Gasteiger partial charge in [-0.15, -0.1) is 5.11 Å². The molecule has 1 aliphatic rings. The van der Waals surface area contributed by atoms with Crippen molar-refractivity contribution in [3.05, 3.63) is 94.9 Å². The molecule has 7 N–H and O–H groups in total. The van der Waals surface area contributed by atoms with Crippen molar-refractivity contribution in [2.75, 3.05) is 10.8 Å². The number of hydroxylamine groups is 1. The third-order valence-electron chi connectivity index (χ3n) is 7.62. The lowest BCUT2D eigenvalue weighted by Gasteiger charge is -2.32. The summed E-state index contributed by atoms with van der Waals surface area (Å²) in [4.78, 5) is -2.07. The van der Waals surface area contributed by atoms with Gasteiger partial charge in [-0.05, 0) is 58.1 Å². The first-order chi connectivity index (χ1) is 23.6. The first kappa shape index (κ1) is 35.8. The van der Waals surface area contributed by atoms with Gasteiger partial charge in [-0.1, -0.05) is 36.4 Å². The number of rotatable bonds is 8. The van der Waals surface area contributed by atoms with Crippen LogP contribution in [-0.2, 0) is 47.2 Å². The van der Waals surface area contributed by atoms with Gasteiger partial charge in [0.25, 0.3) is 30.4 Å². The van der Waals surface area contributed by atoms with Crippen molar-refractivity contribution < 1.29 is 61.3 Å². The van der Waals surface area contributed by atoms with E-state index in [0.29, 0.717) is 10.8 Å². The highest BCUT2D eigenvalue weighted by molar-refractivity contribution is 7.90. The van der Waals surface area contributed by atoms with Gasteiger partial charge in [-0.3, -0.25) is 23.4 Å². The molecule has 22 heteroatoms. The Kier molecular flexibility index (Phi) is 8.65. The van der Waals surface area contributed by atoms with Crippen molar-refractivity contribution in [3.63, 3.8) is 0 Å². The Bertz CT molecular complexity index is 2840. The Balaban J connectivity index is 1.58. The second-order valence-electron chi connectivity index (χ2n) is 10.9. The van der Waals surface area contributed by atoms with Crippen LogP contribution in [0, 0.1) is 0 Å². The third-order valence-corrected chi connectivity index (χ3v) is 10.7. The van der Waals surface area contributed by atoms with Gasteiger partial charge in [-0.2, -0.15) is 38.8 Å². The largest absolute Gasteiger partial charge is 0.446 e. The molecule has 1 aliphatic heterocycles. The molecular formula is C29H22N4O14S4. The molecule has 5 aromatic rings. The zero-order valence-electron chi connectivity index (χ0n) is 25.2. The summed E-state index contributed by atoms with van der Waals surface area (Å²) in [6.07, 6.45) is -0.830. The average Bonchev–Trinajstić information content (AvgIpc) is 3.01. The minimum atomic E-state index is -5.38. The monoisotopic (exact) mass is 778 g/mol. The molecule has 1 heterocycles. The van der Waals surface area contributed by atoms with Crippen LogP contribution in [0.3, 0.4) is 0 Å². The van der Waals surface area contributed by atoms with Crippen LogP contribution in [-0.4, -0.2) is 57.1 Å². The van der Waals surface area contributed by atoms with Gasteiger partial charge in [0.1, 0.15) is 4.91 Å². The summed E-state index contributed by atoms with van der Waals surface area (Å²) < 4.78 is 140. The lowest BCUT2D eigenvalue weighted by atomic mass is 9.94. The van der Waals surface area contributed by atoms with E-state index in [0.717, 1.165) is 18.2 Å². The summed E-state index contributed by atoms with van der Waals surface area (Å²) in [5, 5.41) is 21.0. The van der Waals surface area contributed by atoms with Gasteiger partial charge in [0.15, 0.2) is 5.75 Å². The minimum absolute atomic E-state index is 0.0596. The normalized spacial score (nSPS) is 14.4. The van der Waals surface area contributed by atoms with Crippen molar-refractivity contribution in [2.24, 2.45) is 10.2 Å². The number of hydrogen-bond donors (Lipinski definition) is 6. The van der Waals surface area contributed by atoms with Gasteiger partial charge in [-0.25, -0.2) is 5.06 Å². The molecule has 0 unspecified atom stereocenters. The summed E-state index contributed by atoms with van der Waals surface area (Å²) in [5.41, 5.74) is 3.66. The van der Waals surface area contributed by atoms with Gasteiger partial charge < -0.3 is 9.92 Å². The van der Waals surface area contributed by atoms with Gasteiger partial charge in [0, 0.05) is 17.9 Å². The molecule has 51 heavy (non-hydrogen) atoms. The zero-order chi connectivity index (χ0) is 37.3. The molecule has 0 aliphatic carbocycles. The highest BCUT2D eigenvalue weighted by Crippen LogP contribution is 2.48. The number of azo groups is 1. The molecule has 0 fully saturated rings.